The van der Waals surface area contributed by atoms with Crippen LogP contribution in [0, 0.1) is 12.8 Å². The van der Waals surface area contributed by atoms with Crippen LogP contribution in [-0.4, -0.2) is 22.4 Å². The van der Waals surface area contributed by atoms with Crippen LogP contribution < -0.4 is 5.32 Å². The first-order valence-electron chi connectivity index (χ1n) is 8.99. The molecule has 1 aromatic heterocycles. The third-order valence-electron chi connectivity index (χ3n) is 4.88. The average molecular weight is 291 g/mol. The molecule has 0 bridgehead atoms. The van der Waals surface area contributed by atoms with E-state index in [2.05, 4.69) is 41.9 Å². The van der Waals surface area contributed by atoms with Crippen LogP contribution >= 0.6 is 0 Å². The first kappa shape index (κ1) is 16.5. The van der Waals surface area contributed by atoms with E-state index in [0.29, 0.717) is 6.04 Å². The lowest BCUT2D eigenvalue weighted by atomic mass is 9.85. The minimum atomic E-state index is 0.610. The first-order valence-corrected chi connectivity index (χ1v) is 8.99. The van der Waals surface area contributed by atoms with Crippen LogP contribution in [0.5, 0.6) is 0 Å². The lowest BCUT2D eigenvalue weighted by molar-refractivity contribution is 0.312. The van der Waals surface area contributed by atoms with Gasteiger partial charge in [0, 0.05) is 24.7 Å². The fourth-order valence-electron chi connectivity index (χ4n) is 3.77. The number of rotatable bonds is 8. The van der Waals surface area contributed by atoms with Crippen LogP contribution in [0.3, 0.4) is 0 Å². The molecular formula is C18H33N3. The molecule has 0 amide bonds. The smallest absolute Gasteiger partial charge is 0.0596 e. The van der Waals surface area contributed by atoms with Crippen molar-refractivity contribution in [3.05, 3.63) is 17.5 Å². The number of hydrogen-bond donors (Lipinski definition) is 1. The molecule has 3 heteroatoms. The van der Waals surface area contributed by atoms with Crippen molar-refractivity contribution < 1.29 is 0 Å². The van der Waals surface area contributed by atoms with Crippen molar-refractivity contribution in [1.29, 1.82) is 0 Å². The van der Waals surface area contributed by atoms with Crippen LogP contribution in [-0.2, 0) is 13.0 Å². The van der Waals surface area contributed by atoms with Crippen molar-refractivity contribution in [2.75, 3.05) is 6.54 Å². The lowest BCUT2D eigenvalue weighted by Crippen LogP contribution is -2.32. The molecule has 3 nitrogen and oxygen atoms in total. The highest BCUT2D eigenvalue weighted by Gasteiger charge is 2.17. The lowest BCUT2D eigenvalue weighted by Gasteiger charge is -2.25. The van der Waals surface area contributed by atoms with Gasteiger partial charge in [0.15, 0.2) is 0 Å². The summed E-state index contributed by atoms with van der Waals surface area (Å²) < 4.78 is 2.17. The Balaban J connectivity index is 1.88. The van der Waals surface area contributed by atoms with E-state index in [-0.39, 0.29) is 0 Å². The van der Waals surface area contributed by atoms with Gasteiger partial charge in [0.05, 0.1) is 5.69 Å². The van der Waals surface area contributed by atoms with Crippen LogP contribution in [0.15, 0.2) is 6.07 Å². The van der Waals surface area contributed by atoms with Crippen LogP contribution in [0.25, 0.3) is 0 Å². The Hall–Kier alpha value is -0.830. The molecule has 21 heavy (non-hydrogen) atoms. The Morgan fingerprint density at radius 3 is 2.71 bits per heavy atom. The van der Waals surface area contributed by atoms with Gasteiger partial charge in [-0.15, -0.1) is 0 Å². The molecule has 0 radical (unpaired) electrons. The summed E-state index contributed by atoms with van der Waals surface area (Å²) in [6, 6.07) is 2.87. The summed E-state index contributed by atoms with van der Waals surface area (Å²) in [6.07, 6.45) is 11.1. The van der Waals surface area contributed by atoms with Crippen molar-refractivity contribution in [2.45, 2.75) is 84.7 Å². The second-order valence-electron chi connectivity index (χ2n) is 6.63. The highest BCUT2D eigenvalue weighted by atomic mass is 15.3. The summed E-state index contributed by atoms with van der Waals surface area (Å²) in [5.41, 5.74) is 2.54. The van der Waals surface area contributed by atoms with Gasteiger partial charge in [0.2, 0.25) is 0 Å². The Morgan fingerprint density at radius 2 is 2.05 bits per heavy atom. The standard InChI is InChI=1S/C18H33N3/c1-4-19-17(12-11-16-9-7-6-8-10-16)14-18-13-15(3)20-21(18)5-2/h13,16-17,19H,4-12,14H2,1-3H3. The van der Waals surface area contributed by atoms with Crippen molar-refractivity contribution in [1.82, 2.24) is 15.1 Å². The molecule has 0 saturated heterocycles. The summed E-state index contributed by atoms with van der Waals surface area (Å²) in [6.45, 7) is 8.54. The average Bonchev–Trinajstić information content (AvgIpc) is 2.86. The molecule has 1 atom stereocenters. The molecule has 1 heterocycles. The Morgan fingerprint density at radius 1 is 1.29 bits per heavy atom. The second kappa shape index (κ2) is 8.57. The van der Waals surface area contributed by atoms with Gasteiger partial charge >= 0.3 is 0 Å². The number of nitrogens with zero attached hydrogens (tertiary/aromatic N) is 2. The molecule has 1 aromatic rings. The molecule has 0 aliphatic heterocycles. The van der Waals surface area contributed by atoms with Crippen LogP contribution in [0.2, 0.25) is 0 Å². The topological polar surface area (TPSA) is 29.9 Å². The van der Waals surface area contributed by atoms with E-state index in [1.54, 1.807) is 0 Å². The second-order valence-corrected chi connectivity index (χ2v) is 6.63. The number of nitrogens with one attached hydrogen (secondary N) is 1. The van der Waals surface area contributed by atoms with Gasteiger partial charge in [0.25, 0.3) is 0 Å². The Labute approximate surface area is 130 Å². The quantitative estimate of drug-likeness (QED) is 0.781. The Bertz CT molecular complexity index is 405. The zero-order chi connectivity index (χ0) is 15.1. The fraction of sp³-hybridized carbons (Fsp3) is 0.833. The number of hydrogen-bond acceptors (Lipinski definition) is 2. The fourth-order valence-corrected chi connectivity index (χ4v) is 3.77. The predicted octanol–water partition coefficient (Wildman–Crippen LogP) is 4.09. The van der Waals surface area contributed by atoms with Gasteiger partial charge in [-0.2, -0.15) is 5.10 Å². The van der Waals surface area contributed by atoms with Gasteiger partial charge < -0.3 is 5.32 Å². The van der Waals surface area contributed by atoms with E-state index >= 15 is 0 Å². The zero-order valence-electron chi connectivity index (χ0n) is 14.2. The molecule has 0 spiro atoms. The van der Waals surface area contributed by atoms with Gasteiger partial charge in [-0.05, 0) is 45.2 Å². The highest BCUT2D eigenvalue weighted by Crippen LogP contribution is 2.28. The van der Waals surface area contributed by atoms with E-state index in [1.807, 2.05) is 0 Å². The first-order chi connectivity index (χ1) is 10.2. The normalized spacial score (nSPS) is 18.0. The zero-order valence-corrected chi connectivity index (χ0v) is 14.2. The van der Waals surface area contributed by atoms with Crippen LogP contribution in [0.1, 0.15) is 70.2 Å². The molecule has 2 rings (SSSR count). The van der Waals surface area contributed by atoms with E-state index in [9.17, 15) is 0 Å². The van der Waals surface area contributed by atoms with E-state index < -0.39 is 0 Å². The minimum Gasteiger partial charge on any atom is -0.314 e. The Kier molecular flexibility index (Phi) is 6.75. The largest absolute Gasteiger partial charge is 0.314 e. The molecule has 120 valence electrons. The van der Waals surface area contributed by atoms with Gasteiger partial charge in [-0.25, -0.2) is 0 Å². The summed E-state index contributed by atoms with van der Waals surface area (Å²) in [5, 5.41) is 8.27. The molecule has 1 saturated carbocycles. The van der Waals surface area contributed by atoms with E-state index in [0.717, 1.165) is 31.1 Å². The monoisotopic (exact) mass is 291 g/mol. The molecule has 1 aliphatic rings. The number of aryl methyl sites for hydroxylation is 2. The van der Waals surface area contributed by atoms with Crippen molar-refractivity contribution >= 4 is 0 Å². The maximum atomic E-state index is 4.58. The third kappa shape index (κ3) is 5.14. The third-order valence-corrected chi connectivity index (χ3v) is 4.88. The van der Waals surface area contributed by atoms with Crippen LogP contribution in [0.4, 0.5) is 0 Å². The summed E-state index contributed by atoms with van der Waals surface area (Å²) in [5.74, 6) is 0.984. The number of aromatic nitrogens is 2. The maximum absolute atomic E-state index is 4.58. The predicted molar refractivity (Wildman–Crippen MR) is 89.6 cm³/mol. The molecule has 0 aromatic carbocycles. The minimum absolute atomic E-state index is 0.610. The summed E-state index contributed by atoms with van der Waals surface area (Å²) in [4.78, 5) is 0. The molecule has 1 N–H and O–H groups in total. The van der Waals surface area contributed by atoms with Gasteiger partial charge in [-0.1, -0.05) is 39.0 Å². The number of likely N-dealkylation sites (N-methyl/N-ethyl adjacent to an activating group) is 1. The van der Waals surface area contributed by atoms with Crippen molar-refractivity contribution in [3.63, 3.8) is 0 Å². The molecule has 1 fully saturated rings. The highest BCUT2D eigenvalue weighted by molar-refractivity contribution is 5.10. The maximum Gasteiger partial charge on any atom is 0.0596 e. The van der Waals surface area contributed by atoms with Crippen molar-refractivity contribution in [3.8, 4) is 0 Å². The molecule has 1 aliphatic carbocycles. The summed E-state index contributed by atoms with van der Waals surface area (Å²) in [7, 11) is 0. The van der Waals surface area contributed by atoms with E-state index in [1.165, 1.54) is 50.6 Å². The SMILES string of the molecule is CCNC(CCC1CCCCC1)Cc1cc(C)nn1CC. The van der Waals surface area contributed by atoms with Gasteiger partial charge in [-0.3, -0.25) is 4.68 Å². The van der Waals surface area contributed by atoms with E-state index in [4.69, 9.17) is 0 Å². The van der Waals surface area contributed by atoms with Gasteiger partial charge in [0.1, 0.15) is 0 Å². The van der Waals surface area contributed by atoms with Crippen molar-refractivity contribution in [2.24, 2.45) is 5.92 Å². The summed E-state index contributed by atoms with van der Waals surface area (Å²) >= 11 is 0. The molecule has 1 unspecified atom stereocenters. The molecular weight excluding hydrogens is 258 g/mol.